The van der Waals surface area contributed by atoms with E-state index in [1.54, 1.807) is 12.1 Å². The van der Waals surface area contributed by atoms with Crippen LogP contribution in [0, 0.1) is 6.92 Å². The predicted octanol–water partition coefficient (Wildman–Crippen LogP) is 3.17. The fourth-order valence-corrected chi connectivity index (χ4v) is 2.55. The van der Waals surface area contributed by atoms with E-state index in [9.17, 15) is 4.79 Å². The molecule has 0 radical (unpaired) electrons. The maximum atomic E-state index is 11.0. The lowest BCUT2D eigenvalue weighted by Gasteiger charge is -2.03. The smallest absolute Gasteiger partial charge is 0.335 e. The number of aryl methyl sites for hydroxylation is 2. The molecule has 106 valence electrons. The maximum absolute atomic E-state index is 11.0. The van der Waals surface area contributed by atoms with Crippen LogP contribution in [-0.2, 0) is 13.5 Å². The normalized spacial score (nSPS) is 11.0. The average Bonchev–Trinajstić information content (AvgIpc) is 2.75. The number of rotatable bonds is 3. The van der Waals surface area contributed by atoms with Gasteiger partial charge in [-0.3, -0.25) is 0 Å². The quantitative estimate of drug-likeness (QED) is 0.801. The van der Waals surface area contributed by atoms with Crippen molar-refractivity contribution in [3.05, 3.63) is 65.0 Å². The second-order valence-corrected chi connectivity index (χ2v) is 5.26. The number of carboxylic acid groups (broad SMARTS) is 1. The van der Waals surface area contributed by atoms with Crippen LogP contribution in [0.25, 0.3) is 11.0 Å². The van der Waals surface area contributed by atoms with Crippen LogP contribution in [0.4, 0.5) is 0 Å². The Morgan fingerprint density at radius 3 is 2.76 bits per heavy atom. The van der Waals surface area contributed by atoms with Crippen LogP contribution >= 0.6 is 0 Å². The molecule has 2 aromatic carbocycles. The van der Waals surface area contributed by atoms with E-state index in [4.69, 9.17) is 5.11 Å². The van der Waals surface area contributed by atoms with Crippen molar-refractivity contribution in [3.63, 3.8) is 0 Å². The van der Waals surface area contributed by atoms with Gasteiger partial charge in [0.05, 0.1) is 16.6 Å². The Hall–Kier alpha value is -2.62. The summed E-state index contributed by atoms with van der Waals surface area (Å²) in [5.41, 5.74) is 4.36. The Morgan fingerprint density at radius 1 is 1.24 bits per heavy atom. The van der Waals surface area contributed by atoms with Gasteiger partial charge in [0.1, 0.15) is 5.82 Å². The average molecular weight is 280 g/mol. The van der Waals surface area contributed by atoms with E-state index in [1.807, 2.05) is 23.7 Å². The fourth-order valence-electron chi connectivity index (χ4n) is 2.55. The van der Waals surface area contributed by atoms with E-state index in [-0.39, 0.29) is 5.56 Å². The van der Waals surface area contributed by atoms with Gasteiger partial charge in [-0.2, -0.15) is 0 Å². The number of carbonyl (C=O) groups is 1. The van der Waals surface area contributed by atoms with Crippen LogP contribution < -0.4 is 0 Å². The van der Waals surface area contributed by atoms with E-state index in [0.717, 1.165) is 23.3 Å². The number of aromatic nitrogens is 2. The van der Waals surface area contributed by atoms with Gasteiger partial charge in [0.15, 0.2) is 0 Å². The lowest BCUT2D eigenvalue weighted by Crippen LogP contribution is -1.99. The van der Waals surface area contributed by atoms with E-state index >= 15 is 0 Å². The Bertz CT molecular complexity index is 834. The summed E-state index contributed by atoms with van der Waals surface area (Å²) in [6.45, 7) is 2.07. The van der Waals surface area contributed by atoms with Crippen LogP contribution in [0.15, 0.2) is 42.5 Å². The standard InChI is InChI=1S/C17H16N2O2/c1-11-4-3-5-12(8-11)9-16-18-14-10-13(17(20)21)6-7-15(14)19(16)2/h3-8,10H,9H2,1-2H3,(H,20,21). The van der Waals surface area contributed by atoms with Gasteiger partial charge in [-0.1, -0.05) is 29.8 Å². The zero-order chi connectivity index (χ0) is 15.0. The van der Waals surface area contributed by atoms with Crippen molar-refractivity contribution < 1.29 is 9.90 Å². The minimum Gasteiger partial charge on any atom is -0.478 e. The molecule has 3 rings (SSSR count). The summed E-state index contributed by atoms with van der Waals surface area (Å²) < 4.78 is 2.02. The molecule has 0 unspecified atom stereocenters. The van der Waals surface area contributed by atoms with Crippen molar-refractivity contribution in [2.75, 3.05) is 0 Å². The van der Waals surface area contributed by atoms with Crippen LogP contribution in [0.2, 0.25) is 0 Å². The summed E-state index contributed by atoms with van der Waals surface area (Å²) in [6.07, 6.45) is 0.731. The summed E-state index contributed by atoms with van der Waals surface area (Å²) in [7, 11) is 1.96. The third-order valence-electron chi connectivity index (χ3n) is 3.67. The molecular weight excluding hydrogens is 264 g/mol. The highest BCUT2D eigenvalue weighted by molar-refractivity contribution is 5.92. The first kappa shape index (κ1) is 13.4. The topological polar surface area (TPSA) is 55.1 Å². The van der Waals surface area contributed by atoms with Crippen molar-refractivity contribution in [2.45, 2.75) is 13.3 Å². The Morgan fingerprint density at radius 2 is 2.05 bits per heavy atom. The van der Waals surface area contributed by atoms with E-state index in [2.05, 4.69) is 30.1 Å². The summed E-state index contributed by atoms with van der Waals surface area (Å²) in [6, 6.07) is 13.4. The van der Waals surface area contributed by atoms with E-state index in [1.165, 1.54) is 11.1 Å². The number of benzene rings is 2. The zero-order valence-corrected chi connectivity index (χ0v) is 12.0. The Balaban J connectivity index is 2.03. The van der Waals surface area contributed by atoms with Gasteiger partial charge < -0.3 is 9.67 Å². The molecule has 1 N–H and O–H groups in total. The lowest BCUT2D eigenvalue weighted by atomic mass is 10.1. The molecule has 0 aliphatic carbocycles. The number of carboxylic acids is 1. The summed E-state index contributed by atoms with van der Waals surface area (Å²) >= 11 is 0. The highest BCUT2D eigenvalue weighted by Gasteiger charge is 2.11. The van der Waals surface area contributed by atoms with Crippen molar-refractivity contribution in [1.82, 2.24) is 9.55 Å². The highest BCUT2D eigenvalue weighted by Crippen LogP contribution is 2.19. The number of hydrogen-bond acceptors (Lipinski definition) is 2. The Labute approximate surface area is 122 Å². The number of fused-ring (bicyclic) bond motifs is 1. The van der Waals surface area contributed by atoms with Gasteiger partial charge in [-0.25, -0.2) is 9.78 Å². The van der Waals surface area contributed by atoms with Gasteiger partial charge in [0.2, 0.25) is 0 Å². The van der Waals surface area contributed by atoms with Crippen LogP contribution in [-0.4, -0.2) is 20.6 Å². The van der Waals surface area contributed by atoms with E-state index < -0.39 is 5.97 Å². The second-order valence-electron chi connectivity index (χ2n) is 5.26. The first-order valence-electron chi connectivity index (χ1n) is 6.79. The van der Waals surface area contributed by atoms with Gasteiger partial charge in [-0.15, -0.1) is 0 Å². The van der Waals surface area contributed by atoms with Crippen LogP contribution in [0.3, 0.4) is 0 Å². The molecule has 21 heavy (non-hydrogen) atoms. The Kier molecular flexibility index (Phi) is 3.22. The molecule has 3 aromatic rings. The summed E-state index contributed by atoms with van der Waals surface area (Å²) in [5, 5.41) is 9.05. The van der Waals surface area contributed by atoms with Crippen molar-refractivity contribution in [1.29, 1.82) is 0 Å². The first-order valence-corrected chi connectivity index (χ1v) is 6.79. The molecule has 0 aliphatic heterocycles. The molecule has 0 saturated carbocycles. The van der Waals surface area contributed by atoms with Gasteiger partial charge in [0, 0.05) is 13.5 Å². The lowest BCUT2D eigenvalue weighted by molar-refractivity contribution is 0.0697. The minimum absolute atomic E-state index is 0.266. The van der Waals surface area contributed by atoms with Crippen molar-refractivity contribution in [2.24, 2.45) is 7.05 Å². The monoisotopic (exact) mass is 280 g/mol. The van der Waals surface area contributed by atoms with Crippen molar-refractivity contribution >= 4 is 17.0 Å². The number of aromatic carboxylic acids is 1. The maximum Gasteiger partial charge on any atom is 0.335 e. The number of imidazole rings is 1. The van der Waals surface area contributed by atoms with Crippen LogP contribution in [0.5, 0.6) is 0 Å². The molecule has 1 heterocycles. The molecule has 4 nitrogen and oxygen atoms in total. The molecule has 0 bridgehead atoms. The fraction of sp³-hybridized carbons (Fsp3) is 0.176. The molecule has 0 fully saturated rings. The third-order valence-corrected chi connectivity index (χ3v) is 3.67. The molecule has 0 aliphatic rings. The SMILES string of the molecule is Cc1cccc(Cc2nc3cc(C(=O)O)ccc3n2C)c1. The molecule has 0 amide bonds. The molecule has 0 saturated heterocycles. The largest absolute Gasteiger partial charge is 0.478 e. The molecule has 0 spiro atoms. The second kappa shape index (κ2) is 5.05. The molecule has 0 atom stereocenters. The number of hydrogen-bond donors (Lipinski definition) is 1. The van der Waals surface area contributed by atoms with Gasteiger partial charge in [-0.05, 0) is 30.7 Å². The molecular formula is C17H16N2O2. The van der Waals surface area contributed by atoms with Crippen LogP contribution in [0.1, 0.15) is 27.3 Å². The minimum atomic E-state index is -0.928. The predicted molar refractivity (Wildman–Crippen MR) is 81.7 cm³/mol. The van der Waals surface area contributed by atoms with Gasteiger partial charge >= 0.3 is 5.97 Å². The van der Waals surface area contributed by atoms with Crippen molar-refractivity contribution in [3.8, 4) is 0 Å². The first-order chi connectivity index (χ1) is 10.0. The molecule has 4 heteroatoms. The van der Waals surface area contributed by atoms with Gasteiger partial charge in [0.25, 0.3) is 0 Å². The molecule has 1 aromatic heterocycles. The highest BCUT2D eigenvalue weighted by atomic mass is 16.4. The summed E-state index contributed by atoms with van der Waals surface area (Å²) in [4.78, 5) is 15.6. The zero-order valence-electron chi connectivity index (χ0n) is 12.0. The van der Waals surface area contributed by atoms with E-state index in [0.29, 0.717) is 0 Å². The summed E-state index contributed by atoms with van der Waals surface area (Å²) in [5.74, 6) is 0.000857. The number of nitrogens with zero attached hydrogens (tertiary/aromatic N) is 2. The third kappa shape index (κ3) is 2.52.